The van der Waals surface area contributed by atoms with Crippen molar-refractivity contribution in [3.05, 3.63) is 23.8 Å². The zero-order valence-electron chi connectivity index (χ0n) is 14.5. The lowest BCUT2D eigenvalue weighted by Crippen LogP contribution is -2.42. The van der Waals surface area contributed by atoms with Crippen molar-refractivity contribution in [3.8, 4) is 5.75 Å². The number of hydrogen-bond acceptors (Lipinski definition) is 4. The zero-order valence-corrected chi connectivity index (χ0v) is 15.3. The van der Waals surface area contributed by atoms with Gasteiger partial charge < -0.3 is 10.1 Å². The smallest absolute Gasteiger partial charge is 0.240 e. The Bertz CT molecular complexity index is 635. The molecule has 130 valence electrons. The van der Waals surface area contributed by atoms with E-state index in [0.29, 0.717) is 11.4 Å². The summed E-state index contributed by atoms with van der Waals surface area (Å²) in [5, 5.41) is 3.31. The van der Waals surface area contributed by atoms with Crippen LogP contribution in [0.15, 0.2) is 23.1 Å². The van der Waals surface area contributed by atoms with Crippen molar-refractivity contribution < 1.29 is 13.2 Å². The Morgan fingerprint density at radius 1 is 1.30 bits per heavy atom. The molecular formula is C17H28N2O3S. The molecule has 1 aromatic rings. The summed E-state index contributed by atoms with van der Waals surface area (Å²) in [5.74, 6) is 0.726. The summed E-state index contributed by atoms with van der Waals surface area (Å²) in [6.45, 7) is 10.3. The standard InChI is InChI=1S/C17H28N2O3S/c1-13(2)22-16-6-5-15(11-14(16)3)23(20,21)19-12-17(4)7-9-18-10-8-17/h5-6,11,13,18-19H,7-10,12H2,1-4H3. The molecule has 1 aromatic carbocycles. The summed E-state index contributed by atoms with van der Waals surface area (Å²) in [6, 6.07) is 5.01. The van der Waals surface area contributed by atoms with Crippen molar-refractivity contribution in [1.82, 2.24) is 10.0 Å². The summed E-state index contributed by atoms with van der Waals surface area (Å²) < 4.78 is 33.5. The van der Waals surface area contributed by atoms with Crippen LogP contribution in [0.25, 0.3) is 0 Å². The number of nitrogens with one attached hydrogen (secondary N) is 2. The van der Waals surface area contributed by atoms with E-state index in [4.69, 9.17) is 4.74 Å². The molecule has 0 atom stereocenters. The highest BCUT2D eigenvalue weighted by molar-refractivity contribution is 7.89. The molecule has 1 aliphatic heterocycles. The average molecular weight is 340 g/mol. The Kier molecular flexibility index (Phi) is 5.70. The van der Waals surface area contributed by atoms with E-state index in [1.54, 1.807) is 18.2 Å². The van der Waals surface area contributed by atoms with Crippen LogP contribution in [0, 0.1) is 12.3 Å². The monoisotopic (exact) mass is 340 g/mol. The van der Waals surface area contributed by atoms with Gasteiger partial charge in [-0.1, -0.05) is 6.92 Å². The molecule has 0 saturated carbocycles. The average Bonchev–Trinajstić information content (AvgIpc) is 2.48. The fourth-order valence-electron chi connectivity index (χ4n) is 2.73. The largest absolute Gasteiger partial charge is 0.491 e. The van der Waals surface area contributed by atoms with Crippen molar-refractivity contribution in [2.75, 3.05) is 19.6 Å². The van der Waals surface area contributed by atoms with E-state index in [1.807, 2.05) is 20.8 Å². The molecule has 0 amide bonds. The van der Waals surface area contributed by atoms with E-state index in [-0.39, 0.29) is 11.5 Å². The third kappa shape index (κ3) is 4.93. The fourth-order valence-corrected chi connectivity index (χ4v) is 4.02. The number of piperidine rings is 1. The van der Waals surface area contributed by atoms with Gasteiger partial charge in [-0.15, -0.1) is 0 Å². The third-order valence-corrected chi connectivity index (χ3v) is 5.72. The third-order valence-electron chi connectivity index (χ3n) is 4.32. The first-order valence-corrected chi connectivity index (χ1v) is 9.68. The lowest BCUT2D eigenvalue weighted by molar-refractivity contribution is 0.232. The van der Waals surface area contributed by atoms with E-state index >= 15 is 0 Å². The number of benzene rings is 1. The molecule has 1 fully saturated rings. The quantitative estimate of drug-likeness (QED) is 0.835. The number of ether oxygens (including phenoxy) is 1. The molecule has 23 heavy (non-hydrogen) atoms. The molecule has 5 nitrogen and oxygen atoms in total. The Labute approximate surface area is 139 Å². The van der Waals surface area contributed by atoms with Gasteiger partial charge in [-0.3, -0.25) is 0 Å². The maximum Gasteiger partial charge on any atom is 0.240 e. The van der Waals surface area contributed by atoms with Gasteiger partial charge in [0.05, 0.1) is 11.0 Å². The van der Waals surface area contributed by atoms with Crippen molar-refractivity contribution in [2.45, 2.75) is 51.5 Å². The maximum atomic E-state index is 12.5. The van der Waals surface area contributed by atoms with Gasteiger partial charge in [-0.25, -0.2) is 13.1 Å². The first kappa shape index (κ1) is 18.2. The highest BCUT2D eigenvalue weighted by Gasteiger charge is 2.28. The Hall–Kier alpha value is -1.11. The number of aryl methyl sites for hydroxylation is 1. The normalized spacial score (nSPS) is 18.1. The van der Waals surface area contributed by atoms with Crippen LogP contribution in [-0.4, -0.2) is 34.2 Å². The van der Waals surface area contributed by atoms with Crippen LogP contribution >= 0.6 is 0 Å². The summed E-state index contributed by atoms with van der Waals surface area (Å²) >= 11 is 0. The molecule has 1 saturated heterocycles. The molecule has 1 heterocycles. The van der Waals surface area contributed by atoms with E-state index in [2.05, 4.69) is 17.0 Å². The van der Waals surface area contributed by atoms with Gasteiger partial charge in [0.25, 0.3) is 0 Å². The molecule has 0 radical (unpaired) electrons. The molecular weight excluding hydrogens is 312 g/mol. The number of hydrogen-bond donors (Lipinski definition) is 2. The molecule has 1 aliphatic rings. The minimum atomic E-state index is -3.49. The van der Waals surface area contributed by atoms with Gasteiger partial charge >= 0.3 is 0 Å². The first-order chi connectivity index (χ1) is 10.7. The highest BCUT2D eigenvalue weighted by Crippen LogP contribution is 2.28. The molecule has 0 unspecified atom stereocenters. The van der Waals surface area contributed by atoms with E-state index in [0.717, 1.165) is 37.2 Å². The molecule has 0 aliphatic carbocycles. The molecule has 2 N–H and O–H groups in total. The van der Waals surface area contributed by atoms with Crippen LogP contribution in [0.2, 0.25) is 0 Å². The van der Waals surface area contributed by atoms with Crippen LogP contribution in [0.3, 0.4) is 0 Å². The van der Waals surface area contributed by atoms with Crippen molar-refractivity contribution >= 4 is 10.0 Å². The SMILES string of the molecule is Cc1cc(S(=O)(=O)NCC2(C)CCNCC2)ccc1OC(C)C. The molecule has 6 heteroatoms. The fraction of sp³-hybridized carbons (Fsp3) is 0.647. The molecule has 0 spiro atoms. The van der Waals surface area contributed by atoms with Gasteiger partial charge in [0.15, 0.2) is 0 Å². The summed E-state index contributed by atoms with van der Waals surface area (Å²) in [7, 11) is -3.49. The van der Waals surface area contributed by atoms with Crippen LogP contribution in [-0.2, 0) is 10.0 Å². The van der Waals surface area contributed by atoms with E-state index < -0.39 is 10.0 Å². The van der Waals surface area contributed by atoms with E-state index in [1.165, 1.54) is 0 Å². The second-order valence-corrected chi connectivity index (χ2v) is 8.75. The van der Waals surface area contributed by atoms with Crippen LogP contribution in [0.4, 0.5) is 0 Å². The van der Waals surface area contributed by atoms with E-state index in [9.17, 15) is 8.42 Å². The number of sulfonamides is 1. The van der Waals surface area contributed by atoms with Crippen LogP contribution < -0.4 is 14.8 Å². The topological polar surface area (TPSA) is 67.4 Å². The predicted octanol–water partition coefficient (Wildman–Crippen LogP) is 2.45. The summed E-state index contributed by atoms with van der Waals surface area (Å²) in [4.78, 5) is 0.295. The Balaban J connectivity index is 2.08. The lowest BCUT2D eigenvalue weighted by atomic mass is 9.81. The van der Waals surface area contributed by atoms with Crippen LogP contribution in [0.1, 0.15) is 39.2 Å². The van der Waals surface area contributed by atoms with Crippen LogP contribution in [0.5, 0.6) is 5.75 Å². The predicted molar refractivity (Wildman–Crippen MR) is 92.3 cm³/mol. The second kappa shape index (κ2) is 7.20. The summed E-state index contributed by atoms with van der Waals surface area (Å²) in [5.41, 5.74) is 0.850. The lowest BCUT2D eigenvalue weighted by Gasteiger charge is -2.34. The van der Waals surface area contributed by atoms with Gasteiger partial charge in [-0.05, 0) is 75.9 Å². The Morgan fingerprint density at radius 2 is 1.96 bits per heavy atom. The Morgan fingerprint density at radius 3 is 2.52 bits per heavy atom. The van der Waals surface area contributed by atoms with Crippen molar-refractivity contribution in [1.29, 1.82) is 0 Å². The first-order valence-electron chi connectivity index (χ1n) is 8.20. The summed E-state index contributed by atoms with van der Waals surface area (Å²) in [6.07, 6.45) is 2.03. The molecule has 0 bridgehead atoms. The van der Waals surface area contributed by atoms with Gasteiger partial charge in [0.2, 0.25) is 10.0 Å². The molecule has 0 aromatic heterocycles. The number of rotatable bonds is 6. The minimum Gasteiger partial charge on any atom is -0.491 e. The van der Waals surface area contributed by atoms with Gasteiger partial charge in [0.1, 0.15) is 5.75 Å². The van der Waals surface area contributed by atoms with Gasteiger partial charge in [0, 0.05) is 6.54 Å². The zero-order chi connectivity index (χ0) is 17.1. The second-order valence-electron chi connectivity index (χ2n) is 6.98. The molecule has 2 rings (SSSR count). The maximum absolute atomic E-state index is 12.5. The van der Waals surface area contributed by atoms with Crippen molar-refractivity contribution in [2.24, 2.45) is 5.41 Å². The van der Waals surface area contributed by atoms with Crippen molar-refractivity contribution in [3.63, 3.8) is 0 Å². The minimum absolute atomic E-state index is 0.0219. The highest BCUT2D eigenvalue weighted by atomic mass is 32.2. The van der Waals surface area contributed by atoms with Gasteiger partial charge in [-0.2, -0.15) is 0 Å².